The van der Waals surface area contributed by atoms with Gasteiger partial charge in [0.2, 0.25) is 0 Å². The minimum absolute atomic E-state index is 0.0656. The van der Waals surface area contributed by atoms with Gasteiger partial charge in [0.15, 0.2) is 0 Å². The zero-order valence-corrected chi connectivity index (χ0v) is 15.5. The van der Waals surface area contributed by atoms with Crippen molar-refractivity contribution in [2.24, 2.45) is 0 Å². The van der Waals surface area contributed by atoms with Crippen LogP contribution in [0, 0.1) is 0 Å². The summed E-state index contributed by atoms with van der Waals surface area (Å²) in [5.74, 6) is -0.728. The summed E-state index contributed by atoms with van der Waals surface area (Å²) in [6, 6.07) is 0. The van der Waals surface area contributed by atoms with Crippen LogP contribution in [-0.4, -0.2) is 99.7 Å². The molecular formula is C12H28N2O7S2. The SMILES string of the molecule is CC(C)OCCN(CCN(C)CCS(=O)(=O)O)CCS(=O)(=O)O. The Morgan fingerprint density at radius 2 is 1.39 bits per heavy atom. The Morgan fingerprint density at radius 3 is 1.87 bits per heavy atom. The molecule has 0 unspecified atom stereocenters. The highest BCUT2D eigenvalue weighted by molar-refractivity contribution is 7.86. The second-order valence-electron chi connectivity index (χ2n) is 5.64. The first-order chi connectivity index (χ1) is 10.4. The maximum Gasteiger partial charge on any atom is 0.266 e. The van der Waals surface area contributed by atoms with Crippen LogP contribution in [-0.2, 0) is 25.0 Å². The number of nitrogens with zero attached hydrogens (tertiary/aromatic N) is 2. The third kappa shape index (κ3) is 16.3. The third-order valence-corrected chi connectivity index (χ3v) is 4.45. The van der Waals surface area contributed by atoms with Crippen LogP contribution in [0.3, 0.4) is 0 Å². The first-order valence-electron chi connectivity index (χ1n) is 7.32. The summed E-state index contributed by atoms with van der Waals surface area (Å²) in [5.41, 5.74) is 0. The Labute approximate surface area is 139 Å². The van der Waals surface area contributed by atoms with Gasteiger partial charge in [-0.3, -0.25) is 14.0 Å². The van der Waals surface area contributed by atoms with Crippen LogP contribution in [0.4, 0.5) is 0 Å². The molecule has 0 fully saturated rings. The molecule has 0 aliphatic rings. The second-order valence-corrected chi connectivity index (χ2v) is 8.78. The molecular weight excluding hydrogens is 348 g/mol. The number of ether oxygens (including phenoxy) is 1. The first kappa shape index (κ1) is 22.7. The molecule has 140 valence electrons. The molecule has 0 amide bonds. The van der Waals surface area contributed by atoms with Crippen LogP contribution >= 0.6 is 0 Å². The largest absolute Gasteiger partial charge is 0.377 e. The fourth-order valence-corrected chi connectivity index (χ4v) is 2.72. The molecule has 0 aliphatic heterocycles. The van der Waals surface area contributed by atoms with E-state index in [1.165, 1.54) is 0 Å². The molecule has 0 saturated heterocycles. The van der Waals surface area contributed by atoms with Gasteiger partial charge in [0.1, 0.15) is 0 Å². The Hall–Kier alpha value is -0.300. The Kier molecular flexibility index (Phi) is 10.4. The smallest absolute Gasteiger partial charge is 0.266 e. The lowest BCUT2D eigenvalue weighted by Gasteiger charge is -2.25. The zero-order chi connectivity index (χ0) is 18.1. The van der Waals surface area contributed by atoms with E-state index in [-0.39, 0.29) is 30.7 Å². The lowest BCUT2D eigenvalue weighted by Crippen LogP contribution is -2.39. The fourth-order valence-electron chi connectivity index (χ4n) is 1.69. The Bertz CT molecular complexity index is 520. The molecule has 0 aromatic carbocycles. The van der Waals surface area contributed by atoms with Gasteiger partial charge in [-0.05, 0) is 20.9 Å². The van der Waals surface area contributed by atoms with E-state index < -0.39 is 20.2 Å². The van der Waals surface area contributed by atoms with E-state index in [0.717, 1.165) is 0 Å². The minimum atomic E-state index is -4.04. The van der Waals surface area contributed by atoms with E-state index in [2.05, 4.69) is 0 Å². The summed E-state index contributed by atoms with van der Waals surface area (Å²) in [4.78, 5) is 3.54. The van der Waals surface area contributed by atoms with Crippen molar-refractivity contribution in [3.63, 3.8) is 0 Å². The summed E-state index contributed by atoms with van der Waals surface area (Å²) in [7, 11) is -6.33. The summed E-state index contributed by atoms with van der Waals surface area (Å²) in [6.45, 7) is 6.02. The maximum atomic E-state index is 10.9. The maximum absolute atomic E-state index is 10.9. The van der Waals surface area contributed by atoms with Gasteiger partial charge in [0, 0.05) is 32.7 Å². The molecule has 0 atom stereocenters. The molecule has 0 bridgehead atoms. The van der Waals surface area contributed by atoms with Gasteiger partial charge >= 0.3 is 0 Å². The van der Waals surface area contributed by atoms with Crippen LogP contribution in [0.2, 0.25) is 0 Å². The highest BCUT2D eigenvalue weighted by atomic mass is 32.2. The van der Waals surface area contributed by atoms with Crippen molar-refractivity contribution in [3.8, 4) is 0 Å². The van der Waals surface area contributed by atoms with Crippen LogP contribution in [0.5, 0.6) is 0 Å². The van der Waals surface area contributed by atoms with Gasteiger partial charge in [0.05, 0.1) is 24.2 Å². The van der Waals surface area contributed by atoms with E-state index in [1.54, 1.807) is 11.9 Å². The Balaban J connectivity index is 4.32. The summed E-state index contributed by atoms with van der Waals surface area (Å²) >= 11 is 0. The molecule has 23 heavy (non-hydrogen) atoms. The molecule has 2 N–H and O–H groups in total. The van der Waals surface area contributed by atoms with Gasteiger partial charge in [0.25, 0.3) is 20.2 Å². The molecule has 9 nitrogen and oxygen atoms in total. The summed E-state index contributed by atoms with van der Waals surface area (Å²) in [5, 5.41) is 0. The van der Waals surface area contributed by atoms with Gasteiger partial charge < -0.3 is 9.64 Å². The van der Waals surface area contributed by atoms with Crippen molar-refractivity contribution in [3.05, 3.63) is 0 Å². The molecule has 0 radical (unpaired) electrons. The van der Waals surface area contributed by atoms with Crippen molar-refractivity contribution >= 4 is 20.2 Å². The second kappa shape index (κ2) is 10.5. The fraction of sp³-hybridized carbons (Fsp3) is 1.00. The minimum Gasteiger partial charge on any atom is -0.377 e. The van der Waals surface area contributed by atoms with Gasteiger partial charge in [-0.1, -0.05) is 0 Å². The lowest BCUT2D eigenvalue weighted by atomic mass is 10.4. The lowest BCUT2D eigenvalue weighted by molar-refractivity contribution is 0.0585. The van der Waals surface area contributed by atoms with Crippen molar-refractivity contribution in [1.82, 2.24) is 9.80 Å². The molecule has 0 aromatic rings. The first-order valence-corrected chi connectivity index (χ1v) is 10.5. The van der Waals surface area contributed by atoms with Crippen molar-refractivity contribution in [1.29, 1.82) is 0 Å². The van der Waals surface area contributed by atoms with Crippen LogP contribution < -0.4 is 0 Å². The number of likely N-dealkylation sites (N-methyl/N-ethyl adjacent to an activating group) is 1. The zero-order valence-electron chi connectivity index (χ0n) is 13.9. The number of rotatable bonds is 13. The topological polar surface area (TPSA) is 124 Å². The highest BCUT2D eigenvalue weighted by Gasteiger charge is 2.13. The number of hydrogen-bond acceptors (Lipinski definition) is 7. The monoisotopic (exact) mass is 376 g/mol. The predicted octanol–water partition coefficient (Wildman–Crippen LogP) is -0.579. The molecule has 0 aromatic heterocycles. The number of hydrogen-bond donors (Lipinski definition) is 2. The average molecular weight is 376 g/mol. The third-order valence-electron chi connectivity index (χ3n) is 3.05. The highest BCUT2D eigenvalue weighted by Crippen LogP contribution is 1.96. The standard InChI is InChI=1S/C12H28N2O7S2/c1-12(2)21-9-6-14(8-11-23(18,19)20)5-4-13(3)7-10-22(15,16)17/h12H,4-11H2,1-3H3,(H,15,16,17)(H,18,19,20). The van der Waals surface area contributed by atoms with Gasteiger partial charge in [-0.15, -0.1) is 0 Å². The molecule has 0 spiro atoms. The van der Waals surface area contributed by atoms with Crippen molar-refractivity contribution in [2.75, 3.05) is 57.9 Å². The Morgan fingerprint density at radius 1 is 0.870 bits per heavy atom. The quantitative estimate of drug-likeness (QED) is 0.406. The van der Waals surface area contributed by atoms with Gasteiger partial charge in [-0.2, -0.15) is 16.8 Å². The van der Waals surface area contributed by atoms with E-state index in [0.29, 0.717) is 26.2 Å². The van der Waals surface area contributed by atoms with Crippen molar-refractivity contribution in [2.45, 2.75) is 20.0 Å². The average Bonchev–Trinajstić information content (AvgIpc) is 2.36. The molecule has 0 aliphatic carbocycles. The van der Waals surface area contributed by atoms with E-state index in [9.17, 15) is 16.8 Å². The molecule has 0 rings (SSSR count). The molecule has 11 heteroatoms. The van der Waals surface area contributed by atoms with E-state index in [1.807, 2.05) is 18.7 Å². The van der Waals surface area contributed by atoms with Gasteiger partial charge in [-0.25, -0.2) is 0 Å². The predicted molar refractivity (Wildman–Crippen MR) is 87.9 cm³/mol. The van der Waals surface area contributed by atoms with Crippen molar-refractivity contribution < 1.29 is 30.7 Å². The van der Waals surface area contributed by atoms with Crippen LogP contribution in [0.1, 0.15) is 13.8 Å². The summed E-state index contributed by atoms with van der Waals surface area (Å²) in [6.07, 6.45) is 0.0656. The normalized spacial score (nSPS) is 13.4. The van der Waals surface area contributed by atoms with E-state index >= 15 is 0 Å². The van der Waals surface area contributed by atoms with Crippen LogP contribution in [0.25, 0.3) is 0 Å². The molecule has 0 heterocycles. The van der Waals surface area contributed by atoms with E-state index in [4.69, 9.17) is 13.8 Å². The molecule has 0 saturated carbocycles. The summed E-state index contributed by atoms with van der Waals surface area (Å²) < 4.78 is 66.1. The van der Waals surface area contributed by atoms with Crippen LogP contribution in [0.15, 0.2) is 0 Å².